The van der Waals surface area contributed by atoms with Crippen molar-refractivity contribution in [3.05, 3.63) is 48.3 Å². The molecular formula is C26H33N5O4. The van der Waals surface area contributed by atoms with Crippen LogP contribution >= 0.6 is 0 Å². The lowest BCUT2D eigenvalue weighted by atomic mass is 9.93. The number of carbonyl (C=O) groups is 2. The summed E-state index contributed by atoms with van der Waals surface area (Å²) < 4.78 is 6.25. The molecule has 0 fully saturated rings. The number of anilines is 1. The first-order chi connectivity index (χ1) is 16.7. The molecule has 186 valence electrons. The summed E-state index contributed by atoms with van der Waals surface area (Å²) in [6.45, 7) is 5.40. The van der Waals surface area contributed by atoms with E-state index < -0.39 is 5.60 Å². The molecule has 0 bridgehead atoms. The quantitative estimate of drug-likeness (QED) is 0.388. The number of pyridine rings is 1. The van der Waals surface area contributed by atoms with Gasteiger partial charge in [0.1, 0.15) is 12.3 Å². The third-order valence-electron chi connectivity index (χ3n) is 6.14. The summed E-state index contributed by atoms with van der Waals surface area (Å²) >= 11 is 0. The largest absolute Gasteiger partial charge is 0.489 e. The summed E-state index contributed by atoms with van der Waals surface area (Å²) in [4.78, 5) is 31.8. The SMILES string of the molecule is CCCC(CCC1C(=O)N(CC(=O)NCC(C)(C)O)c2ccccc21)Oc1cnc2[nH]ncc2c1. The van der Waals surface area contributed by atoms with Gasteiger partial charge in [0.05, 0.1) is 30.0 Å². The molecule has 0 spiro atoms. The van der Waals surface area contributed by atoms with Crippen molar-refractivity contribution in [2.45, 2.75) is 64.1 Å². The van der Waals surface area contributed by atoms with Gasteiger partial charge in [-0.1, -0.05) is 31.5 Å². The zero-order valence-electron chi connectivity index (χ0n) is 20.5. The molecule has 0 aliphatic carbocycles. The smallest absolute Gasteiger partial charge is 0.240 e. The molecule has 0 saturated heterocycles. The van der Waals surface area contributed by atoms with Crippen molar-refractivity contribution in [2.24, 2.45) is 0 Å². The van der Waals surface area contributed by atoms with Crippen molar-refractivity contribution in [1.29, 1.82) is 0 Å². The average molecular weight is 480 g/mol. The van der Waals surface area contributed by atoms with E-state index in [-0.39, 0.29) is 36.9 Å². The number of aromatic nitrogens is 3. The Morgan fingerprint density at radius 3 is 2.86 bits per heavy atom. The highest BCUT2D eigenvalue weighted by Crippen LogP contribution is 2.40. The van der Waals surface area contributed by atoms with Gasteiger partial charge in [-0.25, -0.2) is 4.98 Å². The van der Waals surface area contributed by atoms with Gasteiger partial charge in [-0.2, -0.15) is 5.10 Å². The van der Waals surface area contributed by atoms with Crippen LogP contribution in [0.1, 0.15) is 57.9 Å². The van der Waals surface area contributed by atoms with Crippen molar-refractivity contribution in [3.63, 3.8) is 0 Å². The predicted octanol–water partition coefficient (Wildman–Crippen LogP) is 3.30. The number of carbonyl (C=O) groups excluding carboxylic acids is 2. The Labute approximate surface area is 204 Å². The number of para-hydroxylation sites is 1. The second kappa shape index (κ2) is 10.4. The summed E-state index contributed by atoms with van der Waals surface area (Å²) in [7, 11) is 0. The number of hydrogen-bond donors (Lipinski definition) is 3. The summed E-state index contributed by atoms with van der Waals surface area (Å²) in [5, 5.41) is 20.3. The van der Waals surface area contributed by atoms with Crippen molar-refractivity contribution in [3.8, 4) is 5.75 Å². The number of rotatable bonds is 11. The molecule has 4 rings (SSSR count). The molecule has 1 aromatic carbocycles. The second-order valence-electron chi connectivity index (χ2n) is 9.71. The fourth-order valence-corrected chi connectivity index (χ4v) is 4.43. The molecule has 2 atom stereocenters. The molecule has 2 amide bonds. The Balaban J connectivity index is 1.43. The molecule has 3 N–H and O–H groups in total. The van der Waals surface area contributed by atoms with Crippen LogP contribution in [0.3, 0.4) is 0 Å². The lowest BCUT2D eigenvalue weighted by molar-refractivity contribution is -0.124. The van der Waals surface area contributed by atoms with E-state index in [0.29, 0.717) is 24.2 Å². The number of nitrogens with one attached hydrogen (secondary N) is 2. The van der Waals surface area contributed by atoms with Crippen molar-refractivity contribution in [2.75, 3.05) is 18.0 Å². The number of benzene rings is 1. The van der Waals surface area contributed by atoms with E-state index in [1.165, 1.54) is 0 Å². The summed E-state index contributed by atoms with van der Waals surface area (Å²) in [6, 6.07) is 9.54. The van der Waals surface area contributed by atoms with E-state index in [2.05, 4.69) is 27.4 Å². The van der Waals surface area contributed by atoms with E-state index >= 15 is 0 Å². The Morgan fingerprint density at radius 2 is 2.09 bits per heavy atom. The number of H-pyrrole nitrogens is 1. The number of hydrogen-bond acceptors (Lipinski definition) is 6. The minimum atomic E-state index is -1.02. The van der Waals surface area contributed by atoms with Gasteiger partial charge in [0.2, 0.25) is 11.8 Å². The molecular weight excluding hydrogens is 446 g/mol. The van der Waals surface area contributed by atoms with Gasteiger partial charge in [0.25, 0.3) is 0 Å². The molecule has 2 aromatic heterocycles. The molecule has 9 nitrogen and oxygen atoms in total. The van der Waals surface area contributed by atoms with Gasteiger partial charge in [-0.05, 0) is 50.8 Å². The number of aliphatic hydroxyl groups is 1. The van der Waals surface area contributed by atoms with Crippen LogP contribution in [-0.2, 0) is 9.59 Å². The van der Waals surface area contributed by atoms with Crippen LogP contribution in [0.4, 0.5) is 5.69 Å². The van der Waals surface area contributed by atoms with Crippen molar-refractivity contribution >= 4 is 28.5 Å². The van der Waals surface area contributed by atoms with Gasteiger partial charge in [-0.3, -0.25) is 14.7 Å². The van der Waals surface area contributed by atoms with Gasteiger partial charge < -0.3 is 20.1 Å². The third kappa shape index (κ3) is 5.97. The molecule has 3 aromatic rings. The van der Waals surface area contributed by atoms with Crippen LogP contribution < -0.4 is 15.0 Å². The van der Waals surface area contributed by atoms with E-state index in [1.54, 1.807) is 31.1 Å². The third-order valence-corrected chi connectivity index (χ3v) is 6.14. The zero-order chi connectivity index (χ0) is 25.0. The standard InChI is InChI=1S/C26H33N5O4/c1-4-7-18(35-19-12-17-13-29-30-24(17)27-14-19)10-11-21-20-8-5-6-9-22(20)31(25(21)33)15-23(32)28-16-26(2,3)34/h5-6,8-9,12-14,18,21,34H,4,7,10-11,15-16H2,1-3H3,(H,28,32)(H,27,29,30). The minimum Gasteiger partial charge on any atom is -0.489 e. The summed E-state index contributed by atoms with van der Waals surface area (Å²) in [5.41, 5.74) is 1.40. The molecule has 1 aliphatic rings. The van der Waals surface area contributed by atoms with Crippen LogP contribution in [0, 0.1) is 0 Å². The first-order valence-corrected chi connectivity index (χ1v) is 12.1. The second-order valence-corrected chi connectivity index (χ2v) is 9.71. The van der Waals surface area contributed by atoms with Gasteiger partial charge in [0.15, 0.2) is 5.65 Å². The highest BCUT2D eigenvalue weighted by molar-refractivity contribution is 6.07. The number of nitrogens with zero attached hydrogens (tertiary/aromatic N) is 3. The van der Waals surface area contributed by atoms with E-state index in [1.807, 2.05) is 30.3 Å². The zero-order valence-corrected chi connectivity index (χ0v) is 20.5. The number of aromatic amines is 1. The number of amides is 2. The fourth-order valence-electron chi connectivity index (χ4n) is 4.43. The van der Waals surface area contributed by atoms with E-state index in [9.17, 15) is 14.7 Å². The maximum absolute atomic E-state index is 13.4. The van der Waals surface area contributed by atoms with Crippen molar-refractivity contribution in [1.82, 2.24) is 20.5 Å². The first kappa shape index (κ1) is 24.7. The number of ether oxygens (including phenoxy) is 1. The minimum absolute atomic E-state index is 0.0600. The topological polar surface area (TPSA) is 120 Å². The van der Waals surface area contributed by atoms with Crippen LogP contribution in [0.2, 0.25) is 0 Å². The fraction of sp³-hybridized carbons (Fsp3) is 0.462. The van der Waals surface area contributed by atoms with Crippen LogP contribution in [0.5, 0.6) is 5.75 Å². The Hall–Kier alpha value is -3.46. The van der Waals surface area contributed by atoms with Gasteiger partial charge >= 0.3 is 0 Å². The molecule has 0 radical (unpaired) electrons. The van der Waals surface area contributed by atoms with Crippen LogP contribution in [0.15, 0.2) is 42.7 Å². The maximum atomic E-state index is 13.4. The highest BCUT2D eigenvalue weighted by atomic mass is 16.5. The molecule has 35 heavy (non-hydrogen) atoms. The Morgan fingerprint density at radius 1 is 1.29 bits per heavy atom. The van der Waals surface area contributed by atoms with Crippen LogP contribution in [0.25, 0.3) is 11.0 Å². The first-order valence-electron chi connectivity index (χ1n) is 12.1. The monoisotopic (exact) mass is 479 g/mol. The Bertz CT molecular complexity index is 1190. The van der Waals surface area contributed by atoms with Crippen molar-refractivity contribution < 1.29 is 19.4 Å². The lowest BCUT2D eigenvalue weighted by Gasteiger charge is -2.22. The molecule has 1 aliphatic heterocycles. The summed E-state index contributed by atoms with van der Waals surface area (Å²) in [5.74, 6) is -0.0297. The Kier molecular flexibility index (Phi) is 7.35. The van der Waals surface area contributed by atoms with E-state index in [0.717, 1.165) is 29.5 Å². The maximum Gasteiger partial charge on any atom is 0.240 e. The van der Waals surface area contributed by atoms with Crippen LogP contribution in [-0.4, -0.2) is 56.9 Å². The molecule has 3 heterocycles. The van der Waals surface area contributed by atoms with Gasteiger partial charge in [0, 0.05) is 17.6 Å². The normalized spacial score (nSPS) is 16.4. The highest BCUT2D eigenvalue weighted by Gasteiger charge is 2.38. The van der Waals surface area contributed by atoms with E-state index in [4.69, 9.17) is 4.74 Å². The predicted molar refractivity (Wildman–Crippen MR) is 133 cm³/mol. The molecule has 0 saturated carbocycles. The molecule has 9 heteroatoms. The average Bonchev–Trinajstić information content (AvgIpc) is 3.38. The summed E-state index contributed by atoms with van der Waals surface area (Å²) in [6.07, 6.45) is 6.46. The van der Waals surface area contributed by atoms with Gasteiger partial charge in [-0.15, -0.1) is 0 Å². The molecule has 2 unspecified atom stereocenters. The lowest BCUT2D eigenvalue weighted by Crippen LogP contribution is -2.44. The number of fused-ring (bicyclic) bond motifs is 2.